The van der Waals surface area contributed by atoms with Gasteiger partial charge < -0.3 is 4.74 Å². The molecule has 0 saturated heterocycles. The Labute approximate surface area is 108 Å². The molecule has 0 saturated carbocycles. The van der Waals surface area contributed by atoms with Crippen molar-refractivity contribution in [3.8, 4) is 0 Å². The van der Waals surface area contributed by atoms with Crippen LogP contribution in [0.5, 0.6) is 0 Å². The maximum absolute atomic E-state index is 10.7. The smallest absolute Gasteiger partial charge is 0.194 e. The van der Waals surface area contributed by atoms with E-state index in [1.165, 1.54) is 0 Å². The lowest BCUT2D eigenvalue weighted by Gasteiger charge is -2.24. The van der Waals surface area contributed by atoms with Gasteiger partial charge in [0.05, 0.1) is 11.0 Å². The zero-order valence-corrected chi connectivity index (χ0v) is 11.4. The molecule has 0 atom stereocenters. The fraction of sp³-hybridized carbons (Fsp3) is 0.467. The Morgan fingerprint density at radius 2 is 1.89 bits per heavy atom. The van der Waals surface area contributed by atoms with Crippen LogP contribution in [0.4, 0.5) is 0 Å². The van der Waals surface area contributed by atoms with Gasteiger partial charge in [0.2, 0.25) is 0 Å². The average molecular weight is 245 g/mol. The highest BCUT2D eigenvalue weighted by atomic mass is 16.5. The topological polar surface area (TPSA) is 38.7 Å². The second-order valence-electron chi connectivity index (χ2n) is 5.88. The van der Waals surface area contributed by atoms with Gasteiger partial charge in [0, 0.05) is 5.56 Å². The van der Waals surface area contributed by atoms with E-state index < -0.39 is 0 Å². The normalized spacial score (nSPS) is 18.1. The van der Waals surface area contributed by atoms with Crippen molar-refractivity contribution >= 4 is 12.2 Å². The lowest BCUT2D eigenvalue weighted by molar-refractivity contribution is 0.112. The van der Waals surface area contributed by atoms with Crippen molar-refractivity contribution in [1.29, 1.82) is 0 Å². The van der Waals surface area contributed by atoms with E-state index >= 15 is 0 Å². The molecule has 0 aromatic heterocycles. The third kappa shape index (κ3) is 2.30. The van der Waals surface area contributed by atoms with Crippen LogP contribution in [0.25, 0.3) is 0 Å². The highest BCUT2D eigenvalue weighted by Gasteiger charge is 2.36. The molecule has 3 heteroatoms. The van der Waals surface area contributed by atoms with Crippen LogP contribution in [0.1, 0.15) is 43.6 Å². The van der Waals surface area contributed by atoms with Crippen LogP contribution in [0.15, 0.2) is 29.3 Å². The Bertz CT molecular complexity index is 484. The first-order chi connectivity index (χ1) is 8.35. The maximum atomic E-state index is 10.7. The number of aliphatic imine (C=N–C) groups is 1. The third-order valence-corrected chi connectivity index (χ3v) is 3.27. The van der Waals surface area contributed by atoms with Gasteiger partial charge >= 0.3 is 0 Å². The summed E-state index contributed by atoms with van der Waals surface area (Å²) in [5.74, 6) is 0.770. The van der Waals surface area contributed by atoms with Gasteiger partial charge in [0.1, 0.15) is 12.9 Å². The van der Waals surface area contributed by atoms with E-state index in [1.807, 2.05) is 24.3 Å². The first kappa shape index (κ1) is 12.8. The van der Waals surface area contributed by atoms with Gasteiger partial charge in [0.25, 0.3) is 0 Å². The van der Waals surface area contributed by atoms with Crippen LogP contribution in [0.2, 0.25) is 0 Å². The van der Waals surface area contributed by atoms with Crippen molar-refractivity contribution in [2.75, 3.05) is 6.61 Å². The first-order valence-electron chi connectivity index (χ1n) is 6.14. The quantitative estimate of drug-likeness (QED) is 0.768. The van der Waals surface area contributed by atoms with E-state index in [0.29, 0.717) is 12.2 Å². The van der Waals surface area contributed by atoms with Gasteiger partial charge in [-0.3, -0.25) is 4.79 Å². The van der Waals surface area contributed by atoms with Gasteiger partial charge in [-0.2, -0.15) is 0 Å². The monoisotopic (exact) mass is 245 g/mol. The van der Waals surface area contributed by atoms with E-state index in [9.17, 15) is 4.79 Å². The van der Waals surface area contributed by atoms with Gasteiger partial charge in [-0.25, -0.2) is 4.99 Å². The van der Waals surface area contributed by atoms with Crippen LogP contribution in [0, 0.1) is 0 Å². The molecule has 3 nitrogen and oxygen atoms in total. The van der Waals surface area contributed by atoms with E-state index in [4.69, 9.17) is 4.74 Å². The Kier molecular flexibility index (Phi) is 3.01. The van der Waals surface area contributed by atoms with Crippen LogP contribution in [0.3, 0.4) is 0 Å². The minimum Gasteiger partial charge on any atom is -0.478 e. The molecule has 0 spiro atoms. The molecular weight excluding hydrogens is 226 g/mol. The summed E-state index contributed by atoms with van der Waals surface area (Å²) < 4.78 is 5.72. The first-order valence-corrected chi connectivity index (χ1v) is 6.14. The Balaban J connectivity index is 2.33. The summed E-state index contributed by atoms with van der Waals surface area (Å²) in [4.78, 5) is 15.3. The number of carbonyl (C=O) groups is 1. The van der Waals surface area contributed by atoms with E-state index in [-0.39, 0.29) is 11.0 Å². The molecule has 1 aliphatic heterocycles. The molecule has 2 rings (SSSR count). The number of nitrogens with zero attached hydrogens (tertiary/aromatic N) is 1. The molecular formula is C15H19NO2. The molecule has 1 aromatic carbocycles. The highest BCUT2D eigenvalue weighted by Crippen LogP contribution is 2.31. The largest absolute Gasteiger partial charge is 0.478 e. The second-order valence-corrected chi connectivity index (χ2v) is 5.88. The predicted molar refractivity (Wildman–Crippen MR) is 72.3 cm³/mol. The number of benzene rings is 1. The van der Waals surface area contributed by atoms with Crippen LogP contribution < -0.4 is 0 Å². The summed E-state index contributed by atoms with van der Waals surface area (Å²) in [7, 11) is 0. The molecule has 0 unspecified atom stereocenters. The molecule has 96 valence electrons. The zero-order valence-electron chi connectivity index (χ0n) is 11.4. The molecule has 0 radical (unpaired) electrons. The van der Waals surface area contributed by atoms with Gasteiger partial charge in [-0.1, -0.05) is 24.3 Å². The Hall–Kier alpha value is -1.64. The summed E-state index contributed by atoms with van der Waals surface area (Å²) >= 11 is 0. The lowest BCUT2D eigenvalue weighted by atomic mass is 9.84. The van der Waals surface area contributed by atoms with Crippen molar-refractivity contribution in [3.05, 3.63) is 35.4 Å². The van der Waals surface area contributed by atoms with Crippen molar-refractivity contribution in [1.82, 2.24) is 0 Å². The third-order valence-electron chi connectivity index (χ3n) is 3.27. The number of ether oxygens (including phenoxy) is 1. The molecule has 1 aromatic rings. The lowest BCUT2D eigenvalue weighted by Crippen LogP contribution is -2.29. The van der Waals surface area contributed by atoms with Crippen LogP contribution in [-0.2, 0) is 10.2 Å². The predicted octanol–water partition coefficient (Wildman–Crippen LogP) is 2.98. The van der Waals surface area contributed by atoms with Gasteiger partial charge in [-0.15, -0.1) is 0 Å². The summed E-state index contributed by atoms with van der Waals surface area (Å²) in [5, 5.41) is 0. The van der Waals surface area contributed by atoms with Gasteiger partial charge in [0.15, 0.2) is 5.90 Å². The minimum atomic E-state index is -0.269. The molecule has 0 bridgehead atoms. The van der Waals surface area contributed by atoms with Crippen molar-refractivity contribution in [2.24, 2.45) is 4.99 Å². The number of carbonyl (C=O) groups excluding carboxylic acids is 1. The van der Waals surface area contributed by atoms with E-state index in [1.54, 1.807) is 0 Å². The van der Waals surface area contributed by atoms with E-state index in [2.05, 4.69) is 32.7 Å². The van der Waals surface area contributed by atoms with Crippen LogP contribution >= 0.6 is 0 Å². The highest BCUT2D eigenvalue weighted by molar-refractivity contribution is 5.89. The fourth-order valence-corrected chi connectivity index (χ4v) is 2.01. The summed E-state index contributed by atoms with van der Waals surface area (Å²) in [6.45, 7) is 8.92. The summed E-state index contributed by atoms with van der Waals surface area (Å²) in [6, 6.07) is 7.57. The number of aldehydes is 1. The number of rotatable bonds is 3. The molecule has 0 N–H and O–H groups in total. The van der Waals surface area contributed by atoms with Crippen LogP contribution in [-0.4, -0.2) is 24.3 Å². The second kappa shape index (κ2) is 4.23. The number of hydrogen-bond donors (Lipinski definition) is 0. The Morgan fingerprint density at radius 3 is 2.33 bits per heavy atom. The fourth-order valence-electron chi connectivity index (χ4n) is 2.01. The van der Waals surface area contributed by atoms with Gasteiger partial charge in [-0.05, 0) is 33.3 Å². The average Bonchev–Trinajstić information content (AvgIpc) is 2.70. The minimum absolute atomic E-state index is 0.144. The standard InChI is InChI=1S/C15H19NO2/c1-14(2)10-18-13(16-14)15(3,4)12-7-5-11(9-17)6-8-12/h5-9H,10H2,1-4H3. The SMILES string of the molecule is CC1(C)COC(C(C)(C)c2ccc(C=O)cc2)=N1. The number of hydrogen-bond acceptors (Lipinski definition) is 3. The maximum Gasteiger partial charge on any atom is 0.194 e. The molecule has 1 heterocycles. The molecule has 0 fully saturated rings. The van der Waals surface area contributed by atoms with Crippen molar-refractivity contribution < 1.29 is 9.53 Å². The van der Waals surface area contributed by atoms with Crippen molar-refractivity contribution in [3.63, 3.8) is 0 Å². The summed E-state index contributed by atoms with van der Waals surface area (Å²) in [5.41, 5.74) is 1.37. The molecule has 1 aliphatic rings. The molecule has 0 amide bonds. The van der Waals surface area contributed by atoms with E-state index in [0.717, 1.165) is 17.7 Å². The van der Waals surface area contributed by atoms with Crippen molar-refractivity contribution in [2.45, 2.75) is 38.6 Å². The molecule has 0 aliphatic carbocycles. The Morgan fingerprint density at radius 1 is 1.28 bits per heavy atom. The summed E-state index contributed by atoms with van der Waals surface area (Å²) in [6.07, 6.45) is 0.851. The zero-order chi connectivity index (χ0) is 13.4. The molecule has 18 heavy (non-hydrogen) atoms.